The van der Waals surface area contributed by atoms with Crippen molar-refractivity contribution in [3.8, 4) is 0 Å². The molecular formula is C21H30NO5P. The van der Waals surface area contributed by atoms with Crippen LogP contribution in [0.5, 0.6) is 0 Å². The van der Waals surface area contributed by atoms with Crippen molar-refractivity contribution >= 4 is 30.3 Å². The maximum absolute atomic E-state index is 13.9. The highest BCUT2D eigenvalue weighted by Crippen LogP contribution is 2.57. The van der Waals surface area contributed by atoms with Crippen molar-refractivity contribution < 1.29 is 23.1 Å². The van der Waals surface area contributed by atoms with E-state index in [1.807, 2.05) is 30.3 Å². The molecule has 2 aromatic carbocycles. The van der Waals surface area contributed by atoms with Crippen molar-refractivity contribution in [1.82, 2.24) is 0 Å². The van der Waals surface area contributed by atoms with Gasteiger partial charge in [0.15, 0.2) is 0 Å². The van der Waals surface area contributed by atoms with E-state index in [-0.39, 0.29) is 0 Å². The van der Waals surface area contributed by atoms with Crippen LogP contribution in [0.3, 0.4) is 0 Å². The molecule has 0 bridgehead atoms. The summed E-state index contributed by atoms with van der Waals surface area (Å²) in [5.41, 5.74) is -0.363. The number of anilines is 1. The number of hydrogen-bond donors (Lipinski definition) is 0. The van der Waals surface area contributed by atoms with Crippen LogP contribution in [0.2, 0.25) is 0 Å². The Morgan fingerprint density at radius 2 is 1.46 bits per heavy atom. The fourth-order valence-corrected chi connectivity index (χ4v) is 4.66. The summed E-state index contributed by atoms with van der Waals surface area (Å²) in [7, 11) is -4.05. The van der Waals surface area contributed by atoms with Crippen LogP contribution in [0, 0.1) is 0 Å². The third kappa shape index (κ3) is 5.57. The number of nitrogens with zero attached hydrogens (tertiary/aromatic N) is 1. The highest BCUT2D eigenvalue weighted by atomic mass is 31.2. The van der Waals surface area contributed by atoms with E-state index in [1.54, 1.807) is 60.6 Å². The lowest BCUT2D eigenvalue weighted by Gasteiger charge is -2.34. The van der Waals surface area contributed by atoms with E-state index < -0.39 is 31.6 Å². The molecule has 0 fully saturated rings. The number of carbonyl (C=O) groups is 1. The van der Waals surface area contributed by atoms with Gasteiger partial charge in [0, 0.05) is 5.39 Å². The predicted octanol–water partition coefficient (Wildman–Crippen LogP) is 6.54. The number of carbonyl (C=O) groups excluding carboxylic acids is 1. The van der Waals surface area contributed by atoms with Gasteiger partial charge in [-0.1, -0.05) is 36.4 Å². The van der Waals surface area contributed by atoms with Crippen molar-refractivity contribution in [2.75, 3.05) is 4.67 Å². The summed E-state index contributed by atoms with van der Waals surface area (Å²) in [6.07, 6.45) is -1.64. The summed E-state index contributed by atoms with van der Waals surface area (Å²) in [5.74, 6) is 0. The zero-order valence-corrected chi connectivity index (χ0v) is 18.5. The van der Waals surface area contributed by atoms with E-state index in [1.165, 1.54) is 0 Å². The number of hydrogen-bond acceptors (Lipinski definition) is 5. The first-order valence-electron chi connectivity index (χ1n) is 9.41. The number of fused-ring (bicyclic) bond motifs is 1. The second-order valence-electron chi connectivity index (χ2n) is 8.07. The molecule has 0 aromatic heterocycles. The van der Waals surface area contributed by atoms with Crippen LogP contribution < -0.4 is 4.67 Å². The standard InChI is InChI=1S/C21H30NO5P/c1-15(2)26-28(24,27-16(3)4)22(20(23)25-21(5,6)7)19-14-10-12-17-11-8-9-13-18(17)19/h8-16H,1-7H3. The molecule has 154 valence electrons. The van der Waals surface area contributed by atoms with Gasteiger partial charge in [-0.25, -0.2) is 9.36 Å². The molecular weight excluding hydrogens is 377 g/mol. The summed E-state index contributed by atoms with van der Waals surface area (Å²) >= 11 is 0. The molecule has 0 saturated heterocycles. The van der Waals surface area contributed by atoms with Crippen molar-refractivity contribution in [1.29, 1.82) is 0 Å². The van der Waals surface area contributed by atoms with Crippen LogP contribution in [-0.4, -0.2) is 23.9 Å². The van der Waals surface area contributed by atoms with E-state index in [9.17, 15) is 9.36 Å². The minimum absolute atomic E-state index is 0.414. The van der Waals surface area contributed by atoms with Crippen molar-refractivity contribution in [2.24, 2.45) is 0 Å². The largest absolute Gasteiger partial charge is 0.445 e. The fourth-order valence-electron chi connectivity index (χ4n) is 2.68. The average Bonchev–Trinajstić information content (AvgIpc) is 2.51. The minimum atomic E-state index is -4.05. The maximum Gasteiger partial charge on any atom is 0.445 e. The first-order valence-corrected chi connectivity index (χ1v) is 10.9. The summed E-state index contributed by atoms with van der Waals surface area (Å²) < 4.78 is 31.9. The van der Waals surface area contributed by atoms with E-state index in [2.05, 4.69) is 0 Å². The van der Waals surface area contributed by atoms with Crippen LogP contribution >= 0.6 is 7.75 Å². The molecule has 2 aromatic rings. The number of benzene rings is 2. The number of rotatable bonds is 6. The quantitative estimate of drug-likeness (QED) is 0.509. The average molecular weight is 407 g/mol. The number of amides is 1. The molecule has 0 heterocycles. The van der Waals surface area contributed by atoms with Gasteiger partial charge in [-0.05, 0) is 59.9 Å². The molecule has 0 aliphatic heterocycles. The normalized spacial score (nSPS) is 12.6. The highest BCUT2D eigenvalue weighted by Gasteiger charge is 2.43. The number of ether oxygens (including phenoxy) is 1. The topological polar surface area (TPSA) is 65.1 Å². The predicted molar refractivity (Wildman–Crippen MR) is 113 cm³/mol. The van der Waals surface area contributed by atoms with Gasteiger partial charge < -0.3 is 4.74 Å². The van der Waals surface area contributed by atoms with Gasteiger partial charge in [0.05, 0.1) is 17.9 Å². The Labute approximate surface area is 167 Å². The molecule has 6 nitrogen and oxygen atoms in total. The van der Waals surface area contributed by atoms with Crippen LogP contribution in [0.1, 0.15) is 48.5 Å². The van der Waals surface area contributed by atoms with Gasteiger partial charge in [0.1, 0.15) is 5.60 Å². The highest BCUT2D eigenvalue weighted by molar-refractivity contribution is 7.56. The summed E-state index contributed by atoms with van der Waals surface area (Å²) in [4.78, 5) is 13.2. The lowest BCUT2D eigenvalue weighted by molar-refractivity contribution is 0.0580. The van der Waals surface area contributed by atoms with Crippen molar-refractivity contribution in [3.63, 3.8) is 0 Å². The molecule has 0 atom stereocenters. The molecule has 2 rings (SSSR count). The van der Waals surface area contributed by atoms with Crippen LogP contribution in [0.15, 0.2) is 42.5 Å². The second-order valence-corrected chi connectivity index (χ2v) is 9.83. The van der Waals surface area contributed by atoms with Crippen molar-refractivity contribution in [3.05, 3.63) is 42.5 Å². The van der Waals surface area contributed by atoms with Gasteiger partial charge >= 0.3 is 13.8 Å². The first kappa shape index (κ1) is 22.4. The molecule has 28 heavy (non-hydrogen) atoms. The Kier molecular flexibility index (Phi) is 6.92. The Hall–Kier alpha value is -1.88. The van der Waals surface area contributed by atoms with Gasteiger partial charge in [-0.2, -0.15) is 4.67 Å². The fraction of sp³-hybridized carbons (Fsp3) is 0.476. The van der Waals surface area contributed by atoms with Gasteiger partial charge in [-0.3, -0.25) is 9.05 Å². The zero-order valence-electron chi connectivity index (χ0n) is 17.6. The Morgan fingerprint density at radius 3 is 2.00 bits per heavy atom. The minimum Gasteiger partial charge on any atom is -0.443 e. The zero-order chi connectivity index (χ0) is 21.1. The molecule has 0 radical (unpaired) electrons. The molecule has 0 aliphatic carbocycles. The molecule has 0 saturated carbocycles. The lowest BCUT2D eigenvalue weighted by Crippen LogP contribution is -2.37. The van der Waals surface area contributed by atoms with Crippen LogP contribution in [0.25, 0.3) is 10.8 Å². The Balaban J connectivity index is 2.71. The van der Waals surface area contributed by atoms with Crippen molar-refractivity contribution in [2.45, 2.75) is 66.3 Å². The third-order valence-electron chi connectivity index (χ3n) is 3.49. The third-order valence-corrected chi connectivity index (χ3v) is 5.74. The van der Waals surface area contributed by atoms with E-state index >= 15 is 0 Å². The Bertz CT molecular complexity index is 853. The van der Waals surface area contributed by atoms with E-state index in [4.69, 9.17) is 13.8 Å². The lowest BCUT2D eigenvalue weighted by atomic mass is 10.1. The summed E-state index contributed by atoms with van der Waals surface area (Å²) in [6, 6.07) is 13.0. The maximum atomic E-state index is 13.9. The first-order chi connectivity index (χ1) is 12.9. The molecule has 0 aliphatic rings. The van der Waals surface area contributed by atoms with Crippen LogP contribution in [0.4, 0.5) is 10.5 Å². The van der Waals surface area contributed by atoms with E-state index in [0.29, 0.717) is 5.69 Å². The summed E-state index contributed by atoms with van der Waals surface area (Å²) in [6.45, 7) is 12.2. The SMILES string of the molecule is CC(C)OP(=O)(OC(C)C)N(C(=O)OC(C)(C)C)c1cccc2ccccc12. The molecule has 0 N–H and O–H groups in total. The smallest absolute Gasteiger partial charge is 0.443 e. The Morgan fingerprint density at radius 1 is 0.929 bits per heavy atom. The molecule has 0 spiro atoms. The van der Waals surface area contributed by atoms with Gasteiger partial charge in [-0.15, -0.1) is 0 Å². The van der Waals surface area contributed by atoms with Gasteiger partial charge in [0.25, 0.3) is 0 Å². The molecule has 1 amide bonds. The molecule has 7 heteroatoms. The van der Waals surface area contributed by atoms with Gasteiger partial charge in [0.2, 0.25) is 0 Å². The monoisotopic (exact) mass is 407 g/mol. The summed E-state index contributed by atoms with van der Waals surface area (Å²) in [5, 5.41) is 1.64. The van der Waals surface area contributed by atoms with E-state index in [0.717, 1.165) is 15.4 Å². The van der Waals surface area contributed by atoms with Crippen LogP contribution in [-0.2, 0) is 18.3 Å². The molecule has 0 unspecified atom stereocenters. The second kappa shape index (κ2) is 8.64.